The molecule has 1 saturated carbocycles. The van der Waals surface area contributed by atoms with E-state index in [0.29, 0.717) is 6.04 Å². The summed E-state index contributed by atoms with van der Waals surface area (Å²) in [5, 5.41) is 3.51. The molecule has 0 bridgehead atoms. The van der Waals surface area contributed by atoms with E-state index in [-0.39, 0.29) is 0 Å². The quantitative estimate of drug-likeness (QED) is 0.666. The van der Waals surface area contributed by atoms with Crippen LogP contribution < -0.4 is 5.32 Å². The van der Waals surface area contributed by atoms with Crippen molar-refractivity contribution in [2.24, 2.45) is 5.92 Å². The fourth-order valence-electron chi connectivity index (χ4n) is 1.71. The largest absolute Gasteiger partial charge is 0.384 e. The van der Waals surface area contributed by atoms with Crippen LogP contribution in [0.3, 0.4) is 0 Å². The minimum Gasteiger partial charge on any atom is -0.384 e. The minimum atomic E-state index is 0.628. The van der Waals surface area contributed by atoms with Gasteiger partial charge >= 0.3 is 0 Å². The summed E-state index contributed by atoms with van der Waals surface area (Å²) >= 11 is 0. The van der Waals surface area contributed by atoms with Gasteiger partial charge in [0.05, 0.1) is 0 Å². The van der Waals surface area contributed by atoms with Crippen molar-refractivity contribution in [1.29, 1.82) is 0 Å². The van der Waals surface area contributed by atoms with Gasteiger partial charge in [0.1, 0.15) is 0 Å². The maximum Gasteiger partial charge on any atom is 0.0491 e. The number of methoxy groups -OCH3 is 1. The Balaban J connectivity index is 2.00. The molecule has 0 heterocycles. The third-order valence-electron chi connectivity index (χ3n) is 2.21. The van der Waals surface area contributed by atoms with Crippen LogP contribution in [0.4, 0.5) is 0 Å². The van der Waals surface area contributed by atoms with Gasteiger partial charge < -0.3 is 10.1 Å². The van der Waals surface area contributed by atoms with Gasteiger partial charge in [-0.3, -0.25) is 0 Å². The second-order valence-corrected chi connectivity index (χ2v) is 3.81. The van der Waals surface area contributed by atoms with E-state index in [1.54, 1.807) is 7.11 Å². The first-order valence-electron chi connectivity index (χ1n) is 4.47. The number of rotatable bonds is 4. The van der Waals surface area contributed by atoms with Gasteiger partial charge in [0.25, 0.3) is 0 Å². The summed E-state index contributed by atoms with van der Waals surface area (Å²) in [6.45, 7) is 5.34. The van der Waals surface area contributed by atoms with Gasteiger partial charge in [0.15, 0.2) is 0 Å². The van der Waals surface area contributed by atoms with Gasteiger partial charge in [-0.25, -0.2) is 0 Å². The second kappa shape index (κ2) is 4.07. The number of nitrogens with one attached hydrogen (secondary N) is 1. The van der Waals surface area contributed by atoms with Crippen molar-refractivity contribution >= 4 is 0 Å². The number of hydrogen-bond donors (Lipinski definition) is 1. The van der Waals surface area contributed by atoms with Crippen LogP contribution in [0.2, 0.25) is 0 Å². The molecule has 2 nitrogen and oxygen atoms in total. The molecule has 0 amide bonds. The van der Waals surface area contributed by atoms with Gasteiger partial charge in [-0.1, -0.05) is 13.8 Å². The lowest BCUT2D eigenvalue weighted by Crippen LogP contribution is -2.45. The molecule has 2 heteroatoms. The highest BCUT2D eigenvalue weighted by Gasteiger charge is 2.28. The molecule has 1 fully saturated rings. The fraction of sp³-hybridized carbons (Fsp3) is 1.00. The first-order valence-corrected chi connectivity index (χ1v) is 4.47. The van der Waals surface area contributed by atoms with Crippen molar-refractivity contribution in [2.45, 2.75) is 38.8 Å². The van der Waals surface area contributed by atoms with Crippen LogP contribution in [0.1, 0.15) is 26.7 Å². The standard InChI is InChI=1S/C9H19NO/c1-7(2)10-9-4-8(5-9)6-11-3/h7-10H,4-6H2,1-3H3/t8-,9+. The lowest BCUT2D eigenvalue weighted by molar-refractivity contribution is 0.0859. The van der Waals surface area contributed by atoms with Crippen LogP contribution in [0.15, 0.2) is 0 Å². The molecule has 0 atom stereocenters. The number of ether oxygens (including phenoxy) is 1. The highest BCUT2D eigenvalue weighted by Crippen LogP contribution is 2.27. The third-order valence-corrected chi connectivity index (χ3v) is 2.21. The van der Waals surface area contributed by atoms with Crippen LogP contribution in [-0.4, -0.2) is 25.8 Å². The van der Waals surface area contributed by atoms with E-state index in [2.05, 4.69) is 19.2 Å². The third kappa shape index (κ3) is 2.80. The van der Waals surface area contributed by atoms with Crippen LogP contribution in [0.25, 0.3) is 0 Å². The average Bonchev–Trinajstić information content (AvgIpc) is 1.82. The smallest absolute Gasteiger partial charge is 0.0491 e. The van der Waals surface area contributed by atoms with Crippen molar-refractivity contribution in [2.75, 3.05) is 13.7 Å². The predicted molar refractivity (Wildman–Crippen MR) is 46.7 cm³/mol. The molecular weight excluding hydrogens is 138 g/mol. The predicted octanol–water partition coefficient (Wildman–Crippen LogP) is 1.41. The summed E-state index contributed by atoms with van der Waals surface area (Å²) in [6, 6.07) is 1.39. The molecule has 1 aliphatic carbocycles. The topological polar surface area (TPSA) is 21.3 Å². The van der Waals surface area contributed by atoms with E-state index in [1.165, 1.54) is 12.8 Å². The van der Waals surface area contributed by atoms with Gasteiger partial charge in [-0.15, -0.1) is 0 Å². The Morgan fingerprint density at radius 2 is 2.09 bits per heavy atom. The molecule has 0 aromatic heterocycles. The first-order chi connectivity index (χ1) is 5.22. The van der Waals surface area contributed by atoms with Crippen molar-refractivity contribution in [3.63, 3.8) is 0 Å². The molecule has 1 rings (SSSR count). The first kappa shape index (κ1) is 9.01. The van der Waals surface area contributed by atoms with Crippen LogP contribution in [0.5, 0.6) is 0 Å². The zero-order valence-electron chi connectivity index (χ0n) is 7.76. The zero-order valence-corrected chi connectivity index (χ0v) is 7.76. The molecule has 0 saturated heterocycles. The summed E-state index contributed by atoms with van der Waals surface area (Å²) in [6.07, 6.45) is 2.60. The molecule has 1 aliphatic rings. The molecule has 66 valence electrons. The van der Waals surface area contributed by atoms with Crippen molar-refractivity contribution in [3.05, 3.63) is 0 Å². The summed E-state index contributed by atoms with van der Waals surface area (Å²) in [4.78, 5) is 0. The van der Waals surface area contributed by atoms with E-state index < -0.39 is 0 Å². The molecule has 0 aromatic rings. The average molecular weight is 157 g/mol. The minimum absolute atomic E-state index is 0.628. The lowest BCUT2D eigenvalue weighted by Gasteiger charge is -2.36. The van der Waals surface area contributed by atoms with Gasteiger partial charge in [0, 0.05) is 25.8 Å². The van der Waals surface area contributed by atoms with E-state index in [0.717, 1.165) is 18.6 Å². The number of hydrogen-bond acceptors (Lipinski definition) is 2. The summed E-state index contributed by atoms with van der Waals surface area (Å²) in [5.41, 5.74) is 0. The monoisotopic (exact) mass is 157 g/mol. The zero-order chi connectivity index (χ0) is 8.27. The van der Waals surface area contributed by atoms with E-state index in [1.807, 2.05) is 0 Å². The lowest BCUT2D eigenvalue weighted by atomic mass is 9.80. The summed E-state index contributed by atoms with van der Waals surface area (Å²) < 4.78 is 5.07. The van der Waals surface area contributed by atoms with Crippen LogP contribution in [0, 0.1) is 5.92 Å². The molecule has 11 heavy (non-hydrogen) atoms. The molecule has 0 unspecified atom stereocenters. The second-order valence-electron chi connectivity index (χ2n) is 3.81. The van der Waals surface area contributed by atoms with E-state index in [4.69, 9.17) is 4.74 Å². The molecule has 0 aromatic carbocycles. The Bertz CT molecular complexity index is 108. The van der Waals surface area contributed by atoms with Crippen molar-refractivity contribution < 1.29 is 4.74 Å². The Labute approximate surface area is 69.3 Å². The maximum absolute atomic E-state index is 5.07. The Morgan fingerprint density at radius 3 is 2.55 bits per heavy atom. The van der Waals surface area contributed by atoms with Crippen LogP contribution in [-0.2, 0) is 4.74 Å². The van der Waals surface area contributed by atoms with Crippen LogP contribution >= 0.6 is 0 Å². The highest BCUT2D eigenvalue weighted by atomic mass is 16.5. The van der Waals surface area contributed by atoms with Crippen molar-refractivity contribution in [3.8, 4) is 0 Å². The fourth-order valence-corrected chi connectivity index (χ4v) is 1.71. The Kier molecular flexibility index (Phi) is 3.34. The van der Waals surface area contributed by atoms with E-state index >= 15 is 0 Å². The SMILES string of the molecule is COC[C@H]1C[C@@H](NC(C)C)C1. The van der Waals surface area contributed by atoms with Crippen molar-refractivity contribution in [1.82, 2.24) is 5.32 Å². The summed E-state index contributed by atoms with van der Waals surface area (Å²) in [5.74, 6) is 0.816. The Hall–Kier alpha value is -0.0800. The molecule has 0 aliphatic heterocycles. The molecule has 1 N–H and O–H groups in total. The van der Waals surface area contributed by atoms with Gasteiger partial charge in [0.2, 0.25) is 0 Å². The maximum atomic E-state index is 5.07. The van der Waals surface area contributed by atoms with Gasteiger partial charge in [-0.05, 0) is 18.8 Å². The normalized spacial score (nSPS) is 30.5. The Morgan fingerprint density at radius 1 is 1.45 bits per heavy atom. The molecule has 0 spiro atoms. The highest BCUT2D eigenvalue weighted by molar-refractivity contribution is 4.85. The van der Waals surface area contributed by atoms with Gasteiger partial charge in [-0.2, -0.15) is 0 Å². The molecule has 0 radical (unpaired) electrons. The molecular formula is C9H19NO. The summed E-state index contributed by atoms with van der Waals surface area (Å²) in [7, 11) is 1.78. The van der Waals surface area contributed by atoms with E-state index in [9.17, 15) is 0 Å².